The van der Waals surface area contributed by atoms with E-state index in [0.29, 0.717) is 24.8 Å². The van der Waals surface area contributed by atoms with Crippen LogP contribution in [0, 0.1) is 5.41 Å². The minimum absolute atomic E-state index is 0.110. The Morgan fingerprint density at radius 2 is 2.03 bits per heavy atom. The minimum Gasteiger partial charge on any atom is -0.494 e. The molecule has 3 heterocycles. The van der Waals surface area contributed by atoms with Crippen LogP contribution in [0.2, 0.25) is 0 Å². The number of ether oxygens (including phenoxy) is 1. The lowest BCUT2D eigenvalue weighted by Crippen LogP contribution is -2.36. The average Bonchev–Trinajstić information content (AvgIpc) is 3.16. The van der Waals surface area contributed by atoms with E-state index in [0.717, 1.165) is 34.6 Å². The van der Waals surface area contributed by atoms with E-state index >= 15 is 0 Å². The van der Waals surface area contributed by atoms with Gasteiger partial charge in [0.05, 0.1) is 6.61 Å². The number of allylic oxidation sites excluding steroid dienone is 2. The Balaban J connectivity index is 1.71. The van der Waals surface area contributed by atoms with Crippen molar-refractivity contribution >= 4 is 11.7 Å². The Hall–Kier alpha value is -3.48. The summed E-state index contributed by atoms with van der Waals surface area (Å²) in [6, 6.07) is 11.3. The van der Waals surface area contributed by atoms with Gasteiger partial charge in [-0.25, -0.2) is 4.68 Å². The highest BCUT2D eigenvalue weighted by Crippen LogP contribution is 2.47. The molecule has 1 aromatic carbocycles. The third-order valence-electron chi connectivity index (χ3n) is 5.77. The number of Topliss-reactive ketones (excluding diaryl/α,β-unsaturated/α-hetero) is 1. The normalized spacial score (nSPS) is 19.5. The van der Waals surface area contributed by atoms with Gasteiger partial charge in [-0.3, -0.25) is 9.78 Å². The van der Waals surface area contributed by atoms with Gasteiger partial charge in [0, 0.05) is 41.2 Å². The van der Waals surface area contributed by atoms with E-state index in [1.54, 1.807) is 12.4 Å². The summed E-state index contributed by atoms with van der Waals surface area (Å²) in [5.41, 5.74) is 3.31. The predicted octanol–water partition coefficient (Wildman–Crippen LogP) is 4.40. The zero-order valence-electron chi connectivity index (χ0n) is 17.9. The molecular formula is C24H25N5O2. The molecule has 0 amide bonds. The first kappa shape index (κ1) is 19.5. The second kappa shape index (κ2) is 7.34. The van der Waals surface area contributed by atoms with Crippen molar-refractivity contribution in [3.8, 4) is 17.1 Å². The molecule has 7 heteroatoms. The van der Waals surface area contributed by atoms with Gasteiger partial charge in [-0.05, 0) is 37.0 Å². The monoisotopic (exact) mass is 415 g/mol. The van der Waals surface area contributed by atoms with E-state index in [4.69, 9.17) is 14.8 Å². The van der Waals surface area contributed by atoms with Crippen LogP contribution in [0.25, 0.3) is 11.4 Å². The van der Waals surface area contributed by atoms with Crippen molar-refractivity contribution in [2.24, 2.45) is 5.41 Å². The van der Waals surface area contributed by atoms with Gasteiger partial charge in [-0.2, -0.15) is 4.98 Å². The molecule has 31 heavy (non-hydrogen) atoms. The molecule has 0 saturated carbocycles. The zero-order chi connectivity index (χ0) is 21.6. The SMILES string of the molecule is CCOc1ccccc1C1C2=C(CC(C)(C)CC2=O)Nc2nc(-c3cccnc3)nn21. The minimum atomic E-state index is -0.393. The average molecular weight is 415 g/mol. The van der Waals surface area contributed by atoms with Gasteiger partial charge in [0.25, 0.3) is 0 Å². The van der Waals surface area contributed by atoms with Gasteiger partial charge in [-0.15, -0.1) is 5.10 Å². The Kier molecular flexibility index (Phi) is 4.61. The third-order valence-corrected chi connectivity index (χ3v) is 5.77. The molecule has 1 unspecified atom stereocenters. The van der Waals surface area contributed by atoms with Gasteiger partial charge in [0.1, 0.15) is 11.8 Å². The molecule has 1 aliphatic heterocycles. The third kappa shape index (κ3) is 3.40. The lowest BCUT2D eigenvalue weighted by Gasteiger charge is -2.38. The number of anilines is 1. The first-order valence-corrected chi connectivity index (χ1v) is 10.6. The summed E-state index contributed by atoms with van der Waals surface area (Å²) in [4.78, 5) is 22.3. The summed E-state index contributed by atoms with van der Waals surface area (Å²) in [5, 5.41) is 8.22. The van der Waals surface area contributed by atoms with Gasteiger partial charge in [0.15, 0.2) is 11.6 Å². The van der Waals surface area contributed by atoms with E-state index in [1.165, 1.54) is 0 Å². The van der Waals surface area contributed by atoms with Crippen LogP contribution in [0.4, 0.5) is 5.95 Å². The Morgan fingerprint density at radius 3 is 2.81 bits per heavy atom. The second-order valence-electron chi connectivity index (χ2n) is 8.78. The van der Waals surface area contributed by atoms with Crippen molar-refractivity contribution in [3.05, 3.63) is 65.6 Å². The molecule has 0 saturated heterocycles. The quantitative estimate of drug-likeness (QED) is 0.680. The molecule has 7 nitrogen and oxygen atoms in total. The molecule has 2 aliphatic rings. The number of ketones is 1. The number of pyridine rings is 1. The molecule has 3 aromatic rings. The molecule has 0 radical (unpaired) electrons. The van der Waals surface area contributed by atoms with Crippen LogP contribution in [-0.4, -0.2) is 32.1 Å². The van der Waals surface area contributed by atoms with Crippen molar-refractivity contribution in [1.29, 1.82) is 0 Å². The summed E-state index contributed by atoms with van der Waals surface area (Å²) in [6.07, 6.45) is 4.74. The molecule has 1 atom stereocenters. The van der Waals surface area contributed by atoms with Crippen LogP contribution in [0.3, 0.4) is 0 Å². The van der Waals surface area contributed by atoms with Crippen LogP contribution in [0.1, 0.15) is 45.2 Å². The number of benzene rings is 1. The Labute approximate surface area is 181 Å². The van der Waals surface area contributed by atoms with Crippen molar-refractivity contribution in [1.82, 2.24) is 19.7 Å². The standard InChI is InChI=1S/C24H25N5O2/c1-4-31-19-10-6-5-9-16(19)21-20-17(12-24(2,3)13-18(20)30)26-23-27-22(28-29(21)23)15-8-7-11-25-14-15/h5-11,14,21H,4,12-13H2,1-3H3,(H,26,27,28). The van der Waals surface area contributed by atoms with Crippen molar-refractivity contribution in [3.63, 3.8) is 0 Å². The number of carbonyl (C=O) groups excluding carboxylic acids is 1. The van der Waals surface area contributed by atoms with Crippen LogP contribution >= 0.6 is 0 Å². The molecule has 1 aliphatic carbocycles. The van der Waals surface area contributed by atoms with Gasteiger partial charge in [0.2, 0.25) is 5.95 Å². The van der Waals surface area contributed by atoms with Crippen LogP contribution in [0.15, 0.2) is 60.1 Å². The maximum Gasteiger partial charge on any atom is 0.226 e. The van der Waals surface area contributed by atoms with Crippen LogP contribution in [0.5, 0.6) is 5.75 Å². The van der Waals surface area contributed by atoms with Gasteiger partial charge in [-0.1, -0.05) is 32.0 Å². The highest BCUT2D eigenvalue weighted by Gasteiger charge is 2.42. The molecule has 1 N–H and O–H groups in total. The first-order valence-electron chi connectivity index (χ1n) is 10.6. The van der Waals surface area contributed by atoms with E-state index < -0.39 is 6.04 Å². The number of hydrogen-bond donors (Lipinski definition) is 1. The molecular weight excluding hydrogens is 390 g/mol. The number of aromatic nitrogens is 4. The predicted molar refractivity (Wildman–Crippen MR) is 118 cm³/mol. The van der Waals surface area contributed by atoms with Gasteiger partial charge < -0.3 is 10.1 Å². The highest BCUT2D eigenvalue weighted by atomic mass is 16.5. The van der Waals surface area contributed by atoms with E-state index in [1.807, 2.05) is 48.0 Å². The molecule has 2 aromatic heterocycles. The van der Waals surface area contributed by atoms with E-state index in [9.17, 15) is 4.79 Å². The van der Waals surface area contributed by atoms with E-state index in [2.05, 4.69) is 24.1 Å². The Bertz CT molecular complexity index is 1180. The fourth-order valence-electron chi connectivity index (χ4n) is 4.51. The largest absolute Gasteiger partial charge is 0.494 e. The summed E-state index contributed by atoms with van der Waals surface area (Å²) in [7, 11) is 0. The van der Waals surface area contributed by atoms with Crippen molar-refractivity contribution < 1.29 is 9.53 Å². The highest BCUT2D eigenvalue weighted by molar-refractivity contribution is 6.00. The molecule has 0 bridgehead atoms. The number of para-hydroxylation sites is 1. The van der Waals surface area contributed by atoms with Crippen molar-refractivity contribution in [2.45, 2.75) is 39.7 Å². The number of carbonyl (C=O) groups is 1. The molecule has 5 rings (SSSR count). The van der Waals surface area contributed by atoms with E-state index in [-0.39, 0.29) is 11.2 Å². The first-order chi connectivity index (χ1) is 15.0. The number of rotatable bonds is 4. The fourth-order valence-corrected chi connectivity index (χ4v) is 4.51. The number of fused-ring (bicyclic) bond motifs is 1. The van der Waals surface area contributed by atoms with Crippen molar-refractivity contribution in [2.75, 3.05) is 11.9 Å². The summed E-state index contributed by atoms with van der Waals surface area (Å²) in [5.74, 6) is 2.09. The lowest BCUT2D eigenvalue weighted by atomic mass is 9.73. The van der Waals surface area contributed by atoms with Gasteiger partial charge >= 0.3 is 0 Å². The summed E-state index contributed by atoms with van der Waals surface area (Å²) in [6.45, 7) is 6.75. The van der Waals surface area contributed by atoms with Crippen LogP contribution < -0.4 is 10.1 Å². The zero-order valence-corrected chi connectivity index (χ0v) is 17.9. The molecule has 158 valence electrons. The number of nitrogens with one attached hydrogen (secondary N) is 1. The maximum absolute atomic E-state index is 13.4. The summed E-state index contributed by atoms with van der Waals surface area (Å²) >= 11 is 0. The summed E-state index contributed by atoms with van der Waals surface area (Å²) < 4.78 is 7.74. The second-order valence-corrected chi connectivity index (χ2v) is 8.78. The Morgan fingerprint density at radius 1 is 1.19 bits per heavy atom. The lowest BCUT2D eigenvalue weighted by molar-refractivity contribution is -0.118. The fraction of sp³-hybridized carbons (Fsp3) is 0.333. The topological polar surface area (TPSA) is 81.9 Å². The maximum atomic E-state index is 13.4. The number of hydrogen-bond acceptors (Lipinski definition) is 6. The molecule has 0 fully saturated rings. The smallest absolute Gasteiger partial charge is 0.226 e. The number of nitrogens with zero attached hydrogens (tertiary/aromatic N) is 4. The van der Waals surface area contributed by atoms with Crippen LogP contribution in [-0.2, 0) is 4.79 Å². The molecule has 0 spiro atoms.